The van der Waals surface area contributed by atoms with E-state index in [1.54, 1.807) is 0 Å². The van der Waals surface area contributed by atoms with Gasteiger partial charge in [0.05, 0.1) is 11.8 Å². The van der Waals surface area contributed by atoms with Gasteiger partial charge in [-0.3, -0.25) is 0 Å². The Labute approximate surface area is 285 Å². The molecule has 5 N–H and O–H groups in total. The minimum Gasteiger partial charge on any atom is -0.337 e. The van der Waals surface area contributed by atoms with Gasteiger partial charge in [-0.2, -0.15) is 5.01 Å². The number of hydrogen-bond acceptors (Lipinski definition) is 5. The third-order valence-corrected chi connectivity index (χ3v) is 2.82. The second-order valence-electron chi connectivity index (χ2n) is 3.91. The Balaban J connectivity index is -0.0000000760. The molecule has 4 amide bonds. The molecule has 0 aliphatic carbocycles. The first kappa shape index (κ1) is 48.9. The first-order valence-electron chi connectivity index (χ1n) is 7.81. The van der Waals surface area contributed by atoms with Gasteiger partial charge in [-0.25, -0.2) is 9.59 Å². The minimum atomic E-state index is -0.578. The Morgan fingerprint density at radius 2 is 1.19 bits per heavy atom. The molecule has 0 saturated carbocycles. The van der Waals surface area contributed by atoms with Crippen LogP contribution < -0.4 is 34.9 Å². The average molecular weight is 1240 g/mol. The van der Waals surface area contributed by atoms with Crippen LogP contribution in [0.1, 0.15) is 0 Å². The third kappa shape index (κ3) is 54.7. The number of halogens is 11. The van der Waals surface area contributed by atoms with Crippen LogP contribution in [0.2, 0.25) is 0 Å². The van der Waals surface area contributed by atoms with Gasteiger partial charge < -0.3 is 21.7 Å². The van der Waals surface area contributed by atoms with E-state index in [2.05, 4.69) is 95.7 Å². The molecule has 0 rings (SSSR count). The van der Waals surface area contributed by atoms with Crippen molar-refractivity contribution in [3.63, 3.8) is 0 Å². The molecule has 0 heterocycles. The zero-order valence-corrected chi connectivity index (χ0v) is 33.4. The van der Waals surface area contributed by atoms with Gasteiger partial charge >= 0.3 is 62.5 Å². The van der Waals surface area contributed by atoms with E-state index < -0.39 is 6.03 Å². The molecule has 0 radical (unpaired) electrons. The van der Waals surface area contributed by atoms with Crippen molar-refractivity contribution in [2.24, 2.45) is 11.0 Å². The number of nitrogens with two attached hydrogens (primary N) is 1. The van der Waals surface area contributed by atoms with Gasteiger partial charge in [0.15, 0.2) is 0 Å². The normalized spacial score (nSPS) is 8.06. The van der Waals surface area contributed by atoms with Crippen LogP contribution in [0.5, 0.6) is 0 Å². The molecule has 20 heteroatoms. The molecule has 0 aromatic rings. The van der Waals surface area contributed by atoms with Gasteiger partial charge in [0.2, 0.25) is 0 Å². The maximum absolute atomic E-state index is 10.9. The van der Waals surface area contributed by atoms with Gasteiger partial charge in [0.1, 0.15) is 0 Å². The summed E-state index contributed by atoms with van der Waals surface area (Å²) < 4.78 is 0. The Hall–Kier alpha value is 3.93. The predicted octanol–water partition coefficient (Wildman–Crippen LogP) is 3.27. The molecule has 0 aromatic heterocycles. The number of nitrogens with zero attached hydrogens (tertiary/aromatic N) is 2. The maximum Gasteiger partial charge on any atom is 0.340 e. The Morgan fingerprint density at radius 3 is 1.44 bits per heavy atom. The molecule has 9 nitrogen and oxygen atoms in total. The molecule has 0 atom stereocenters. The summed E-state index contributed by atoms with van der Waals surface area (Å²) in [6.45, 7) is 1.95. The number of amides is 4. The van der Waals surface area contributed by atoms with Crippen molar-refractivity contribution in [2.45, 2.75) is 0 Å². The predicted molar refractivity (Wildman–Crippen MR) is 181 cm³/mol. The summed E-state index contributed by atoms with van der Waals surface area (Å²) in [5.41, 5.74) is 4.90. The van der Waals surface area contributed by atoms with Gasteiger partial charge in [0.25, 0.3) is 0 Å². The van der Waals surface area contributed by atoms with Gasteiger partial charge in [0, 0.05) is 92.8 Å². The van der Waals surface area contributed by atoms with Gasteiger partial charge in [-0.15, -0.1) is 86.9 Å². The van der Waals surface area contributed by atoms with E-state index in [-0.39, 0.29) is 42.4 Å². The number of nitroso groups, excluding NO2 is 1. The van der Waals surface area contributed by atoms with Crippen LogP contribution in [-0.2, 0) is 0 Å². The number of urea groups is 2. The molecule has 0 unspecified atom stereocenters. The number of carbonyl (C=O) groups excluding carboxylic acids is 2. The fourth-order valence-electron chi connectivity index (χ4n) is 0.889. The Morgan fingerprint density at radius 1 is 0.844 bits per heavy atom. The van der Waals surface area contributed by atoms with Crippen molar-refractivity contribution >= 4 is 169 Å². The third-order valence-electron chi connectivity index (χ3n) is 1.87. The zero-order valence-electron chi connectivity index (χ0n) is 16.5. The first-order valence-corrected chi connectivity index (χ1v) is 29.3. The smallest absolute Gasteiger partial charge is 0.337 e. The van der Waals surface area contributed by atoms with Crippen LogP contribution in [0.15, 0.2) is 5.29 Å². The van der Waals surface area contributed by atoms with Crippen LogP contribution in [0.3, 0.4) is 0 Å². The van der Waals surface area contributed by atoms with Crippen LogP contribution in [-0.4, -0.2) is 79.2 Å². The summed E-state index contributed by atoms with van der Waals surface area (Å²) in [6.07, 6.45) is 0. The summed E-state index contributed by atoms with van der Waals surface area (Å²) >= 11 is 35.8. The molecule has 0 aromatic carbocycles. The van der Waals surface area contributed by atoms with Gasteiger partial charge in [-0.1, -0.05) is 0 Å². The number of rotatable bonds is 10. The molecule has 200 valence electrons. The quantitative estimate of drug-likeness (QED) is 0.116. The number of alkyl halides is 5. The van der Waals surface area contributed by atoms with E-state index in [4.69, 9.17) is 63.7 Å². The SMILES string of the molecule is I.II.I[I-]I.NCCCl.O=C(NCCCl)NCCCl.O=NN(CCCl)C(=O)NCCCl. The standard InChI is InChI=1S/C5H9Cl2N3O2.C5H10Cl2N2O.C2H6ClN.I3.I2.HI/c6-1-3-8-5(11)10(9-12)4-2-7;6-1-3-8-5(10)9-4-2-7;3-1-2-4;1-3-2;1-2;/h1-4H2,(H,8,11);1-4H2,(H2,8,9,10);1-2,4H2;;;1H/q;;;-1;;. The fourth-order valence-corrected chi connectivity index (χ4v) is 1.33. The van der Waals surface area contributed by atoms with Crippen LogP contribution >= 0.6 is 156 Å². The van der Waals surface area contributed by atoms with E-state index in [9.17, 15) is 14.5 Å². The maximum atomic E-state index is 10.9. The van der Waals surface area contributed by atoms with Crippen molar-refractivity contribution < 1.29 is 22.8 Å². The molecular weight excluding hydrogens is 1210 g/mol. The molecule has 0 bridgehead atoms. The second kappa shape index (κ2) is 51.5. The van der Waals surface area contributed by atoms with Crippen molar-refractivity contribution in [1.82, 2.24) is 21.0 Å². The van der Waals surface area contributed by atoms with Crippen molar-refractivity contribution in [3.05, 3.63) is 4.91 Å². The summed E-state index contributed by atoms with van der Waals surface area (Å²) in [4.78, 5) is 31.6. The van der Waals surface area contributed by atoms with Crippen molar-refractivity contribution in [2.75, 3.05) is 62.1 Å². The van der Waals surface area contributed by atoms with E-state index in [0.717, 1.165) is 0 Å². The van der Waals surface area contributed by atoms with Crippen LogP contribution in [0.25, 0.3) is 0 Å². The molecule has 32 heavy (non-hydrogen) atoms. The largest absolute Gasteiger partial charge is 0.340 e. The Bertz CT molecular complexity index is 368. The number of carbonyl (C=O) groups is 2. The van der Waals surface area contributed by atoms with Crippen LogP contribution in [0.4, 0.5) is 9.59 Å². The summed E-state index contributed by atoms with van der Waals surface area (Å²) in [5, 5.41) is 10.6. The molecule has 0 fully saturated rings. The first-order chi connectivity index (χ1) is 14.9. The Kier molecular flexibility index (Phi) is 78.8. The molecule has 0 spiro atoms. The summed E-state index contributed by atoms with van der Waals surface area (Å²) in [6, 6.07) is -0.799. The van der Waals surface area contributed by atoms with Crippen LogP contribution in [0, 0.1) is 4.91 Å². The average Bonchev–Trinajstić information content (AvgIpc) is 2.80. The molecular formula is C12H26Cl5I6N6O3-. The summed E-state index contributed by atoms with van der Waals surface area (Å²) in [7, 11) is 0. The minimum absolute atomic E-state index is 0. The topological polar surface area (TPSA) is 129 Å². The molecule has 0 saturated heterocycles. The molecule has 0 aliphatic heterocycles. The van der Waals surface area contributed by atoms with Crippen molar-refractivity contribution in [1.29, 1.82) is 0 Å². The summed E-state index contributed by atoms with van der Waals surface area (Å²) in [5.74, 6) is 1.88. The monoisotopic (exact) mass is 1240 g/mol. The zero-order chi connectivity index (χ0) is 25.3. The van der Waals surface area contributed by atoms with E-state index in [0.29, 0.717) is 68.0 Å². The second-order valence-corrected chi connectivity index (χ2v) is 22.0. The fraction of sp³-hybridized carbons (Fsp3) is 0.833. The molecule has 0 aliphatic rings. The number of nitrogens with one attached hydrogen (secondary N) is 3. The van der Waals surface area contributed by atoms with Crippen molar-refractivity contribution in [3.8, 4) is 0 Å². The van der Waals surface area contributed by atoms with Gasteiger partial charge in [-0.05, 0) is 0 Å². The number of hydrogen-bond donors (Lipinski definition) is 4. The van der Waals surface area contributed by atoms with E-state index in [1.165, 1.54) is 0 Å². The van der Waals surface area contributed by atoms with E-state index in [1.807, 2.05) is 0 Å². The van der Waals surface area contributed by atoms with E-state index >= 15 is 0 Å².